The first-order chi connectivity index (χ1) is 10.4. The molecule has 0 aliphatic carbocycles. The van der Waals surface area contributed by atoms with Gasteiger partial charge in [-0.05, 0) is 23.8 Å². The lowest BCUT2D eigenvalue weighted by molar-refractivity contribution is -0.0458. The molecule has 1 heterocycles. The van der Waals surface area contributed by atoms with Gasteiger partial charge in [0, 0.05) is 5.56 Å². The van der Waals surface area contributed by atoms with E-state index in [4.69, 9.17) is 18.9 Å². The molecule has 4 heteroatoms. The summed E-state index contributed by atoms with van der Waals surface area (Å²) in [6.07, 6.45) is -0.322. The standard InChI is InChI=1S/C17H18O4/c1-18-14-8-6-13(7-9-14)12-21-16-5-3-2-4-15(16)17-19-10-11-20-17/h2-9,17H,10-12H2,1H3. The number of benzene rings is 2. The number of hydrogen-bond donors (Lipinski definition) is 0. The normalized spacial score (nSPS) is 15.1. The molecule has 2 aromatic rings. The highest BCUT2D eigenvalue weighted by molar-refractivity contribution is 5.35. The lowest BCUT2D eigenvalue weighted by Gasteiger charge is -2.15. The molecular formula is C17H18O4. The quantitative estimate of drug-likeness (QED) is 0.845. The van der Waals surface area contributed by atoms with Crippen LogP contribution in [0.5, 0.6) is 11.5 Å². The lowest BCUT2D eigenvalue weighted by Crippen LogP contribution is -2.03. The van der Waals surface area contributed by atoms with Crippen molar-refractivity contribution in [2.75, 3.05) is 20.3 Å². The van der Waals surface area contributed by atoms with Gasteiger partial charge < -0.3 is 18.9 Å². The number of methoxy groups -OCH3 is 1. The Morgan fingerprint density at radius 2 is 1.71 bits per heavy atom. The van der Waals surface area contributed by atoms with E-state index < -0.39 is 0 Å². The second-order valence-electron chi connectivity index (χ2n) is 4.75. The number of para-hydroxylation sites is 1. The summed E-state index contributed by atoms with van der Waals surface area (Å²) in [4.78, 5) is 0. The Labute approximate surface area is 124 Å². The van der Waals surface area contributed by atoms with Crippen molar-refractivity contribution >= 4 is 0 Å². The minimum atomic E-state index is -0.322. The molecule has 2 aromatic carbocycles. The molecule has 21 heavy (non-hydrogen) atoms. The van der Waals surface area contributed by atoms with Gasteiger partial charge in [-0.2, -0.15) is 0 Å². The molecule has 0 saturated carbocycles. The first-order valence-corrected chi connectivity index (χ1v) is 6.94. The van der Waals surface area contributed by atoms with Gasteiger partial charge in [0.1, 0.15) is 18.1 Å². The van der Waals surface area contributed by atoms with Crippen molar-refractivity contribution in [3.63, 3.8) is 0 Å². The van der Waals surface area contributed by atoms with Crippen molar-refractivity contribution in [1.82, 2.24) is 0 Å². The van der Waals surface area contributed by atoms with Crippen molar-refractivity contribution in [3.05, 3.63) is 59.7 Å². The van der Waals surface area contributed by atoms with Crippen LogP contribution in [0.1, 0.15) is 17.4 Å². The average Bonchev–Trinajstić information content (AvgIpc) is 3.08. The second-order valence-corrected chi connectivity index (χ2v) is 4.75. The Hall–Kier alpha value is -2.04. The molecule has 0 aromatic heterocycles. The third kappa shape index (κ3) is 3.35. The largest absolute Gasteiger partial charge is 0.497 e. The van der Waals surface area contributed by atoms with E-state index in [2.05, 4.69) is 0 Å². The maximum absolute atomic E-state index is 5.91. The topological polar surface area (TPSA) is 36.9 Å². The molecular weight excluding hydrogens is 268 g/mol. The average molecular weight is 286 g/mol. The van der Waals surface area contributed by atoms with Gasteiger partial charge in [0.2, 0.25) is 0 Å². The minimum Gasteiger partial charge on any atom is -0.497 e. The maximum atomic E-state index is 5.91. The van der Waals surface area contributed by atoms with Crippen LogP contribution in [-0.2, 0) is 16.1 Å². The fraction of sp³-hybridized carbons (Fsp3) is 0.294. The van der Waals surface area contributed by atoms with Gasteiger partial charge in [-0.25, -0.2) is 0 Å². The van der Waals surface area contributed by atoms with Gasteiger partial charge in [0.05, 0.1) is 20.3 Å². The minimum absolute atomic E-state index is 0.322. The van der Waals surface area contributed by atoms with Gasteiger partial charge in [0.15, 0.2) is 6.29 Å². The van der Waals surface area contributed by atoms with Crippen LogP contribution in [0.2, 0.25) is 0 Å². The molecule has 0 N–H and O–H groups in total. The first-order valence-electron chi connectivity index (χ1n) is 6.94. The Bertz CT molecular complexity index is 574. The SMILES string of the molecule is COc1ccc(COc2ccccc2C2OCCO2)cc1. The second kappa shape index (κ2) is 6.61. The highest BCUT2D eigenvalue weighted by Gasteiger charge is 2.21. The van der Waals surface area contributed by atoms with Gasteiger partial charge >= 0.3 is 0 Å². The molecule has 0 atom stereocenters. The first kappa shape index (κ1) is 13.9. The summed E-state index contributed by atoms with van der Waals surface area (Å²) in [5.74, 6) is 1.63. The molecule has 0 radical (unpaired) electrons. The van der Waals surface area contributed by atoms with Crippen molar-refractivity contribution in [1.29, 1.82) is 0 Å². The molecule has 0 amide bonds. The molecule has 110 valence electrons. The van der Waals surface area contributed by atoms with E-state index in [0.29, 0.717) is 19.8 Å². The van der Waals surface area contributed by atoms with E-state index in [1.165, 1.54) is 0 Å². The summed E-state index contributed by atoms with van der Waals surface area (Å²) in [5.41, 5.74) is 2.02. The number of ether oxygens (including phenoxy) is 4. The smallest absolute Gasteiger partial charge is 0.187 e. The van der Waals surface area contributed by atoms with E-state index in [-0.39, 0.29) is 6.29 Å². The van der Waals surface area contributed by atoms with Crippen LogP contribution >= 0.6 is 0 Å². The van der Waals surface area contributed by atoms with Crippen LogP contribution in [0.25, 0.3) is 0 Å². The number of hydrogen-bond acceptors (Lipinski definition) is 4. The fourth-order valence-corrected chi connectivity index (χ4v) is 2.23. The third-order valence-electron chi connectivity index (χ3n) is 3.35. The molecule has 0 unspecified atom stereocenters. The maximum Gasteiger partial charge on any atom is 0.187 e. The van der Waals surface area contributed by atoms with E-state index in [1.807, 2.05) is 48.5 Å². The Balaban J connectivity index is 1.69. The van der Waals surface area contributed by atoms with E-state index in [9.17, 15) is 0 Å². The molecule has 0 bridgehead atoms. The van der Waals surface area contributed by atoms with Crippen molar-refractivity contribution in [3.8, 4) is 11.5 Å². The molecule has 1 aliphatic heterocycles. The number of rotatable bonds is 5. The molecule has 1 fully saturated rings. The van der Waals surface area contributed by atoms with Crippen LogP contribution in [0.15, 0.2) is 48.5 Å². The van der Waals surface area contributed by atoms with E-state index in [0.717, 1.165) is 22.6 Å². The van der Waals surface area contributed by atoms with Crippen LogP contribution in [-0.4, -0.2) is 20.3 Å². The molecule has 4 nitrogen and oxygen atoms in total. The van der Waals surface area contributed by atoms with Crippen molar-refractivity contribution in [2.24, 2.45) is 0 Å². The zero-order chi connectivity index (χ0) is 14.5. The van der Waals surface area contributed by atoms with Crippen LogP contribution in [0.3, 0.4) is 0 Å². The van der Waals surface area contributed by atoms with Crippen molar-refractivity contribution in [2.45, 2.75) is 12.9 Å². The Morgan fingerprint density at radius 1 is 1.00 bits per heavy atom. The fourth-order valence-electron chi connectivity index (χ4n) is 2.23. The van der Waals surface area contributed by atoms with Crippen LogP contribution in [0, 0.1) is 0 Å². The van der Waals surface area contributed by atoms with Crippen LogP contribution < -0.4 is 9.47 Å². The zero-order valence-corrected chi connectivity index (χ0v) is 12.0. The summed E-state index contributed by atoms with van der Waals surface area (Å²) in [6.45, 7) is 1.74. The monoisotopic (exact) mass is 286 g/mol. The summed E-state index contributed by atoms with van der Waals surface area (Å²) < 4.78 is 22.1. The Morgan fingerprint density at radius 3 is 2.43 bits per heavy atom. The van der Waals surface area contributed by atoms with Crippen molar-refractivity contribution < 1.29 is 18.9 Å². The summed E-state index contributed by atoms with van der Waals surface area (Å²) >= 11 is 0. The van der Waals surface area contributed by atoms with Gasteiger partial charge in [-0.15, -0.1) is 0 Å². The highest BCUT2D eigenvalue weighted by Crippen LogP contribution is 2.31. The molecule has 1 saturated heterocycles. The molecule has 1 aliphatic rings. The van der Waals surface area contributed by atoms with E-state index in [1.54, 1.807) is 7.11 Å². The highest BCUT2D eigenvalue weighted by atomic mass is 16.7. The van der Waals surface area contributed by atoms with Gasteiger partial charge in [-0.3, -0.25) is 0 Å². The molecule has 0 spiro atoms. The summed E-state index contributed by atoms with van der Waals surface area (Å²) in [5, 5.41) is 0. The molecule has 3 rings (SSSR count). The van der Waals surface area contributed by atoms with Gasteiger partial charge in [-0.1, -0.05) is 30.3 Å². The lowest BCUT2D eigenvalue weighted by atomic mass is 10.2. The van der Waals surface area contributed by atoms with E-state index >= 15 is 0 Å². The Kier molecular flexibility index (Phi) is 4.38. The predicted molar refractivity (Wildman–Crippen MR) is 78.4 cm³/mol. The summed E-state index contributed by atoms with van der Waals surface area (Å²) in [7, 11) is 1.66. The zero-order valence-electron chi connectivity index (χ0n) is 12.0. The summed E-state index contributed by atoms with van der Waals surface area (Å²) in [6, 6.07) is 15.6. The van der Waals surface area contributed by atoms with Crippen LogP contribution in [0.4, 0.5) is 0 Å². The third-order valence-corrected chi connectivity index (χ3v) is 3.35. The van der Waals surface area contributed by atoms with Gasteiger partial charge in [0.25, 0.3) is 0 Å². The predicted octanol–water partition coefficient (Wildman–Crippen LogP) is 3.32.